The van der Waals surface area contributed by atoms with Gasteiger partial charge in [-0.3, -0.25) is 9.59 Å². The zero-order chi connectivity index (χ0) is 14.5. The second-order valence-electron chi connectivity index (χ2n) is 4.05. The molecule has 2 N–H and O–H groups in total. The van der Waals surface area contributed by atoms with Gasteiger partial charge in [0, 0.05) is 24.5 Å². The summed E-state index contributed by atoms with van der Waals surface area (Å²) in [7, 11) is 0. The van der Waals surface area contributed by atoms with E-state index in [0.717, 1.165) is 6.07 Å². The molecule has 1 aromatic carbocycles. The molecular formula is C14H12FN3O2. The van der Waals surface area contributed by atoms with E-state index in [-0.39, 0.29) is 11.6 Å². The molecule has 0 aliphatic rings. The number of pyridine rings is 1. The lowest BCUT2D eigenvalue weighted by molar-refractivity contribution is -0.114. The summed E-state index contributed by atoms with van der Waals surface area (Å²) in [6.45, 7) is 1.38. The second kappa shape index (κ2) is 5.92. The van der Waals surface area contributed by atoms with Gasteiger partial charge in [-0.15, -0.1) is 0 Å². The topological polar surface area (TPSA) is 71.1 Å². The van der Waals surface area contributed by atoms with Crippen molar-refractivity contribution in [2.24, 2.45) is 0 Å². The molecule has 0 aliphatic carbocycles. The fraction of sp³-hybridized carbons (Fsp3) is 0.0714. The van der Waals surface area contributed by atoms with Crippen LogP contribution in [0.1, 0.15) is 17.4 Å². The minimum absolute atomic E-state index is 0.218. The summed E-state index contributed by atoms with van der Waals surface area (Å²) in [5.74, 6) is -1.56. The first-order chi connectivity index (χ1) is 9.56. The Bertz CT molecular complexity index is 658. The Morgan fingerprint density at radius 2 is 1.80 bits per heavy atom. The van der Waals surface area contributed by atoms with E-state index >= 15 is 0 Å². The van der Waals surface area contributed by atoms with Crippen LogP contribution in [0.5, 0.6) is 0 Å². The fourth-order valence-corrected chi connectivity index (χ4v) is 1.62. The van der Waals surface area contributed by atoms with Crippen LogP contribution in [0.15, 0.2) is 42.6 Å². The Morgan fingerprint density at radius 3 is 2.45 bits per heavy atom. The Kier molecular flexibility index (Phi) is 4.05. The molecule has 2 amide bonds. The van der Waals surface area contributed by atoms with Crippen LogP contribution < -0.4 is 10.6 Å². The molecule has 0 radical (unpaired) electrons. The van der Waals surface area contributed by atoms with E-state index in [4.69, 9.17) is 0 Å². The summed E-state index contributed by atoms with van der Waals surface area (Å²) in [4.78, 5) is 26.5. The number of halogens is 1. The van der Waals surface area contributed by atoms with E-state index in [0.29, 0.717) is 11.4 Å². The highest BCUT2D eigenvalue weighted by Crippen LogP contribution is 2.16. The minimum atomic E-state index is -0.692. The standard InChI is InChI=1S/C14H12FN3O2/c1-9(19)17-10-4-2-5-11(8-10)18-14(20)13-12(15)6-3-7-16-13/h2-8H,1H3,(H,17,19)(H,18,20). The van der Waals surface area contributed by atoms with Gasteiger partial charge >= 0.3 is 0 Å². The lowest BCUT2D eigenvalue weighted by Gasteiger charge is -2.07. The maximum atomic E-state index is 13.4. The van der Waals surface area contributed by atoms with Gasteiger partial charge in [-0.25, -0.2) is 9.37 Å². The maximum absolute atomic E-state index is 13.4. The van der Waals surface area contributed by atoms with Crippen LogP contribution in [-0.2, 0) is 4.79 Å². The number of anilines is 2. The summed E-state index contributed by atoms with van der Waals surface area (Å²) in [6.07, 6.45) is 1.34. The van der Waals surface area contributed by atoms with E-state index in [2.05, 4.69) is 15.6 Å². The van der Waals surface area contributed by atoms with Gasteiger partial charge in [0.15, 0.2) is 11.5 Å². The van der Waals surface area contributed by atoms with Gasteiger partial charge in [0.1, 0.15) is 0 Å². The van der Waals surface area contributed by atoms with Gasteiger partial charge < -0.3 is 10.6 Å². The number of hydrogen-bond donors (Lipinski definition) is 2. The van der Waals surface area contributed by atoms with Crippen molar-refractivity contribution in [3.05, 3.63) is 54.1 Å². The first kappa shape index (κ1) is 13.7. The van der Waals surface area contributed by atoms with Crippen molar-refractivity contribution in [3.8, 4) is 0 Å². The van der Waals surface area contributed by atoms with Crippen LogP contribution in [0, 0.1) is 5.82 Å². The van der Waals surface area contributed by atoms with Gasteiger partial charge in [-0.2, -0.15) is 0 Å². The zero-order valence-corrected chi connectivity index (χ0v) is 10.7. The predicted molar refractivity (Wildman–Crippen MR) is 72.9 cm³/mol. The van der Waals surface area contributed by atoms with Crippen molar-refractivity contribution >= 4 is 23.2 Å². The largest absolute Gasteiger partial charge is 0.326 e. The third-order valence-corrected chi connectivity index (χ3v) is 2.41. The van der Waals surface area contributed by atoms with Crippen molar-refractivity contribution in [1.29, 1.82) is 0 Å². The Morgan fingerprint density at radius 1 is 1.10 bits per heavy atom. The fourth-order valence-electron chi connectivity index (χ4n) is 1.62. The number of amides is 2. The number of carbonyl (C=O) groups is 2. The first-order valence-corrected chi connectivity index (χ1v) is 5.86. The monoisotopic (exact) mass is 273 g/mol. The molecule has 0 fully saturated rings. The molecule has 2 rings (SSSR count). The molecular weight excluding hydrogens is 261 g/mol. The molecule has 6 heteroatoms. The molecule has 5 nitrogen and oxygen atoms in total. The van der Waals surface area contributed by atoms with E-state index in [1.807, 2.05) is 0 Å². The third-order valence-electron chi connectivity index (χ3n) is 2.41. The van der Waals surface area contributed by atoms with Crippen molar-refractivity contribution in [2.45, 2.75) is 6.92 Å². The van der Waals surface area contributed by atoms with Gasteiger partial charge in [-0.1, -0.05) is 6.07 Å². The molecule has 0 bridgehead atoms. The maximum Gasteiger partial charge on any atom is 0.277 e. The van der Waals surface area contributed by atoms with Crippen LogP contribution in [-0.4, -0.2) is 16.8 Å². The van der Waals surface area contributed by atoms with Crippen molar-refractivity contribution < 1.29 is 14.0 Å². The first-order valence-electron chi connectivity index (χ1n) is 5.86. The van der Waals surface area contributed by atoms with E-state index in [9.17, 15) is 14.0 Å². The molecule has 2 aromatic rings. The predicted octanol–water partition coefficient (Wildman–Crippen LogP) is 2.43. The van der Waals surface area contributed by atoms with Gasteiger partial charge in [0.25, 0.3) is 5.91 Å². The number of rotatable bonds is 3. The number of carbonyl (C=O) groups excluding carboxylic acids is 2. The number of hydrogen-bond acceptors (Lipinski definition) is 3. The Labute approximate surface area is 114 Å². The van der Waals surface area contributed by atoms with Gasteiger partial charge in [0.05, 0.1) is 0 Å². The van der Waals surface area contributed by atoms with Crippen LogP contribution >= 0.6 is 0 Å². The molecule has 1 heterocycles. The van der Waals surface area contributed by atoms with E-state index < -0.39 is 11.7 Å². The lowest BCUT2D eigenvalue weighted by atomic mass is 10.2. The van der Waals surface area contributed by atoms with Crippen molar-refractivity contribution in [3.63, 3.8) is 0 Å². The normalized spacial score (nSPS) is 9.90. The highest BCUT2D eigenvalue weighted by Gasteiger charge is 2.12. The summed E-state index contributed by atoms with van der Waals surface area (Å²) >= 11 is 0. The van der Waals surface area contributed by atoms with Crippen molar-refractivity contribution in [1.82, 2.24) is 4.98 Å². The van der Waals surface area contributed by atoms with Crippen molar-refractivity contribution in [2.75, 3.05) is 10.6 Å². The highest BCUT2D eigenvalue weighted by atomic mass is 19.1. The number of nitrogens with one attached hydrogen (secondary N) is 2. The zero-order valence-electron chi connectivity index (χ0n) is 10.7. The summed E-state index contributed by atoms with van der Waals surface area (Å²) in [5.41, 5.74) is 0.695. The summed E-state index contributed by atoms with van der Waals surface area (Å²) < 4.78 is 13.4. The molecule has 0 aliphatic heterocycles. The second-order valence-corrected chi connectivity index (χ2v) is 4.05. The summed E-state index contributed by atoms with van der Waals surface area (Å²) in [6, 6.07) is 9.11. The minimum Gasteiger partial charge on any atom is -0.326 e. The molecule has 20 heavy (non-hydrogen) atoms. The summed E-state index contributed by atoms with van der Waals surface area (Å²) in [5, 5.41) is 5.11. The van der Waals surface area contributed by atoms with Crippen LogP contribution in [0.4, 0.5) is 15.8 Å². The quantitative estimate of drug-likeness (QED) is 0.902. The third kappa shape index (κ3) is 3.38. The average Bonchev–Trinajstić information content (AvgIpc) is 2.38. The molecule has 102 valence electrons. The Balaban J connectivity index is 2.16. The number of aromatic nitrogens is 1. The molecule has 0 saturated heterocycles. The highest BCUT2D eigenvalue weighted by molar-refractivity contribution is 6.03. The smallest absolute Gasteiger partial charge is 0.277 e. The molecule has 0 atom stereocenters. The SMILES string of the molecule is CC(=O)Nc1cccc(NC(=O)c2ncccc2F)c1. The lowest BCUT2D eigenvalue weighted by Crippen LogP contribution is -2.15. The van der Waals surface area contributed by atoms with E-state index in [1.54, 1.807) is 24.3 Å². The van der Waals surface area contributed by atoms with Gasteiger partial charge in [0.2, 0.25) is 5.91 Å². The molecule has 0 unspecified atom stereocenters. The van der Waals surface area contributed by atoms with Crippen LogP contribution in [0.3, 0.4) is 0 Å². The van der Waals surface area contributed by atoms with Crippen LogP contribution in [0.2, 0.25) is 0 Å². The number of benzene rings is 1. The average molecular weight is 273 g/mol. The Hall–Kier alpha value is -2.76. The number of nitrogens with zero attached hydrogens (tertiary/aromatic N) is 1. The molecule has 0 saturated carbocycles. The van der Waals surface area contributed by atoms with Crippen LogP contribution in [0.25, 0.3) is 0 Å². The van der Waals surface area contributed by atoms with Gasteiger partial charge in [-0.05, 0) is 30.3 Å². The van der Waals surface area contributed by atoms with E-state index in [1.165, 1.54) is 19.2 Å². The molecule has 1 aromatic heterocycles. The molecule has 0 spiro atoms.